The fourth-order valence-corrected chi connectivity index (χ4v) is 2.69. The van der Waals surface area contributed by atoms with E-state index < -0.39 is 22.4 Å². The summed E-state index contributed by atoms with van der Waals surface area (Å²) >= 11 is 12.0. The maximum Gasteiger partial charge on any atom is 0.416 e. The first-order chi connectivity index (χ1) is 13.7. The van der Waals surface area contributed by atoms with Crippen LogP contribution < -0.4 is 10.6 Å². The fraction of sp³-hybridized carbons (Fsp3) is 0.0588. The predicted molar refractivity (Wildman–Crippen MR) is 103 cm³/mol. The number of nitrogens with zero attached hydrogens (tertiary/aromatic N) is 3. The number of halogens is 5. The minimum Gasteiger partial charge on any atom is -0.334 e. The Bertz CT molecular complexity index is 1060. The van der Waals surface area contributed by atoms with E-state index in [2.05, 4.69) is 20.6 Å². The molecule has 2 aromatic carbocycles. The molecule has 0 spiro atoms. The molecule has 1 heterocycles. The number of benzene rings is 2. The number of hydrogen-bond donors (Lipinski definition) is 2. The third kappa shape index (κ3) is 4.66. The lowest BCUT2D eigenvalue weighted by Gasteiger charge is -2.12. The van der Waals surface area contributed by atoms with Gasteiger partial charge in [0.05, 0.1) is 26.2 Å². The topological polar surface area (TPSA) is 93.0 Å². The van der Waals surface area contributed by atoms with Crippen LogP contribution in [0.3, 0.4) is 0 Å². The number of anilines is 4. The molecule has 0 radical (unpaired) electrons. The molecule has 0 unspecified atom stereocenters. The van der Waals surface area contributed by atoms with Gasteiger partial charge in [-0.3, -0.25) is 10.1 Å². The fourth-order valence-electron chi connectivity index (χ4n) is 2.34. The minimum absolute atomic E-state index is 0.138. The first kappa shape index (κ1) is 20.6. The molecule has 0 amide bonds. The van der Waals surface area contributed by atoms with Gasteiger partial charge < -0.3 is 10.6 Å². The molecule has 2 N–H and O–H groups in total. The molecule has 0 aliphatic rings. The van der Waals surface area contributed by atoms with E-state index in [0.29, 0.717) is 0 Å². The van der Waals surface area contributed by atoms with E-state index in [-0.39, 0.29) is 33.1 Å². The van der Waals surface area contributed by atoms with Crippen molar-refractivity contribution in [1.82, 2.24) is 9.97 Å². The number of aromatic nitrogens is 2. The normalized spacial score (nSPS) is 11.2. The zero-order valence-corrected chi connectivity index (χ0v) is 15.7. The van der Waals surface area contributed by atoms with Crippen molar-refractivity contribution in [2.24, 2.45) is 0 Å². The van der Waals surface area contributed by atoms with E-state index in [0.717, 1.165) is 30.6 Å². The molecule has 7 nitrogen and oxygen atoms in total. The van der Waals surface area contributed by atoms with Gasteiger partial charge in [-0.2, -0.15) is 13.2 Å². The van der Waals surface area contributed by atoms with Crippen molar-refractivity contribution in [1.29, 1.82) is 0 Å². The molecule has 1 aromatic heterocycles. The van der Waals surface area contributed by atoms with Crippen molar-refractivity contribution < 1.29 is 18.1 Å². The van der Waals surface area contributed by atoms with Crippen molar-refractivity contribution >= 4 is 51.9 Å². The lowest BCUT2D eigenvalue weighted by Crippen LogP contribution is -2.07. The second-order valence-electron chi connectivity index (χ2n) is 5.60. The quantitative estimate of drug-likeness (QED) is 0.360. The van der Waals surface area contributed by atoms with Crippen LogP contribution in [0, 0.1) is 10.1 Å². The van der Waals surface area contributed by atoms with Crippen LogP contribution in [0.4, 0.5) is 41.9 Å². The van der Waals surface area contributed by atoms with Crippen LogP contribution in [-0.4, -0.2) is 14.9 Å². The predicted octanol–water partition coefficient (Wildman–Crippen LogP) is 6.20. The summed E-state index contributed by atoms with van der Waals surface area (Å²) in [5.74, 6) is -0.394. The number of alkyl halides is 3. The van der Waals surface area contributed by atoms with Gasteiger partial charge >= 0.3 is 11.9 Å². The van der Waals surface area contributed by atoms with E-state index in [1.807, 2.05) is 0 Å². The monoisotopic (exact) mass is 443 g/mol. The Morgan fingerprint density at radius 2 is 1.59 bits per heavy atom. The molecule has 0 bridgehead atoms. The smallest absolute Gasteiger partial charge is 0.334 e. The molecule has 0 aliphatic heterocycles. The van der Waals surface area contributed by atoms with E-state index in [1.165, 1.54) is 0 Å². The average molecular weight is 444 g/mol. The zero-order valence-electron chi connectivity index (χ0n) is 14.2. The number of nitrogens with one attached hydrogen (secondary N) is 2. The van der Waals surface area contributed by atoms with Crippen LogP contribution in [0.15, 0.2) is 48.8 Å². The molecule has 29 heavy (non-hydrogen) atoms. The van der Waals surface area contributed by atoms with Crippen molar-refractivity contribution in [2.45, 2.75) is 6.18 Å². The number of nitro groups is 1. The Morgan fingerprint density at radius 3 is 2.17 bits per heavy atom. The lowest BCUT2D eigenvalue weighted by atomic mass is 10.2. The molecule has 12 heteroatoms. The van der Waals surface area contributed by atoms with Crippen LogP contribution >= 0.6 is 23.2 Å². The first-order valence-corrected chi connectivity index (χ1v) is 8.57. The van der Waals surface area contributed by atoms with Gasteiger partial charge in [-0.25, -0.2) is 9.97 Å². The minimum atomic E-state index is -4.49. The standard InChI is InChI=1S/C17H10Cl2F3N5O2/c18-11-2-1-3-12(13(11)19)26-16-14(27(28)29)15(23-8-24-16)25-10-6-4-9(5-7-10)17(20,21)22/h1-8H,(H2,23,24,25,26). The summed E-state index contributed by atoms with van der Waals surface area (Å²) in [6, 6.07) is 8.64. The molecular weight excluding hydrogens is 434 g/mol. The highest BCUT2D eigenvalue weighted by molar-refractivity contribution is 6.43. The number of rotatable bonds is 5. The maximum atomic E-state index is 12.7. The summed E-state index contributed by atoms with van der Waals surface area (Å²) in [4.78, 5) is 18.6. The van der Waals surface area contributed by atoms with Gasteiger partial charge in [0, 0.05) is 5.69 Å². The van der Waals surface area contributed by atoms with Crippen LogP contribution in [0.2, 0.25) is 10.0 Å². The molecule has 0 fully saturated rings. The molecule has 0 saturated carbocycles. The third-order valence-corrected chi connectivity index (χ3v) is 4.50. The SMILES string of the molecule is O=[N+]([O-])c1c(Nc2ccc(C(F)(F)F)cc2)ncnc1Nc1cccc(Cl)c1Cl. The van der Waals surface area contributed by atoms with Crippen molar-refractivity contribution in [3.05, 3.63) is 74.5 Å². The zero-order chi connectivity index (χ0) is 21.2. The van der Waals surface area contributed by atoms with E-state index >= 15 is 0 Å². The van der Waals surface area contributed by atoms with Gasteiger partial charge in [0.1, 0.15) is 6.33 Å². The summed E-state index contributed by atoms with van der Waals surface area (Å²) in [6.45, 7) is 0. The summed E-state index contributed by atoms with van der Waals surface area (Å²) in [6.07, 6.45) is -3.44. The summed E-state index contributed by atoms with van der Waals surface area (Å²) in [7, 11) is 0. The van der Waals surface area contributed by atoms with Crippen molar-refractivity contribution in [2.75, 3.05) is 10.6 Å². The Morgan fingerprint density at radius 1 is 0.966 bits per heavy atom. The lowest BCUT2D eigenvalue weighted by molar-refractivity contribution is -0.383. The van der Waals surface area contributed by atoms with E-state index in [9.17, 15) is 23.3 Å². The van der Waals surface area contributed by atoms with Gasteiger partial charge in [0.25, 0.3) is 0 Å². The highest BCUT2D eigenvalue weighted by atomic mass is 35.5. The molecule has 0 saturated heterocycles. The Balaban J connectivity index is 1.95. The highest BCUT2D eigenvalue weighted by Gasteiger charge is 2.30. The van der Waals surface area contributed by atoms with Gasteiger partial charge in [-0.1, -0.05) is 29.3 Å². The van der Waals surface area contributed by atoms with E-state index in [4.69, 9.17) is 23.2 Å². The van der Waals surface area contributed by atoms with Crippen molar-refractivity contribution in [3.8, 4) is 0 Å². The second kappa shape index (κ2) is 8.10. The van der Waals surface area contributed by atoms with Crippen LogP contribution in [0.25, 0.3) is 0 Å². The summed E-state index contributed by atoms with van der Waals surface area (Å²) < 4.78 is 38.0. The third-order valence-electron chi connectivity index (χ3n) is 3.68. The maximum absolute atomic E-state index is 12.7. The van der Waals surface area contributed by atoms with Gasteiger partial charge in [0.15, 0.2) is 0 Å². The van der Waals surface area contributed by atoms with Crippen LogP contribution in [0.1, 0.15) is 5.56 Å². The molecule has 150 valence electrons. The van der Waals surface area contributed by atoms with Crippen LogP contribution in [0.5, 0.6) is 0 Å². The first-order valence-electron chi connectivity index (χ1n) is 7.81. The molecule has 0 atom stereocenters. The highest BCUT2D eigenvalue weighted by Crippen LogP contribution is 2.37. The van der Waals surface area contributed by atoms with E-state index in [1.54, 1.807) is 18.2 Å². The van der Waals surface area contributed by atoms with Gasteiger partial charge in [0.2, 0.25) is 11.6 Å². The second-order valence-corrected chi connectivity index (χ2v) is 6.39. The largest absolute Gasteiger partial charge is 0.416 e. The van der Waals surface area contributed by atoms with Crippen molar-refractivity contribution in [3.63, 3.8) is 0 Å². The molecular formula is C17H10Cl2F3N5O2. The molecule has 0 aliphatic carbocycles. The van der Waals surface area contributed by atoms with Crippen LogP contribution in [-0.2, 0) is 6.18 Å². The van der Waals surface area contributed by atoms with Gasteiger partial charge in [-0.15, -0.1) is 0 Å². The average Bonchev–Trinajstić information content (AvgIpc) is 2.65. The number of hydrogen-bond acceptors (Lipinski definition) is 6. The Kier molecular flexibility index (Phi) is 5.76. The Hall–Kier alpha value is -3.11. The molecule has 3 rings (SSSR count). The van der Waals surface area contributed by atoms with Gasteiger partial charge in [-0.05, 0) is 36.4 Å². The summed E-state index contributed by atoms with van der Waals surface area (Å²) in [5, 5.41) is 17.3. The molecule has 3 aromatic rings. The summed E-state index contributed by atoms with van der Waals surface area (Å²) in [5.41, 5.74) is -0.922. The Labute approximate surface area is 171 Å².